The van der Waals surface area contributed by atoms with Crippen LogP contribution in [0.2, 0.25) is 5.02 Å². The lowest BCUT2D eigenvalue weighted by atomic mass is 9.92. The number of nitrogens with zero attached hydrogens (tertiary/aromatic N) is 4. The number of amides is 2. The van der Waals surface area contributed by atoms with Gasteiger partial charge in [-0.15, -0.1) is 0 Å². The summed E-state index contributed by atoms with van der Waals surface area (Å²) in [5, 5.41) is -0.0937. The average Bonchev–Trinajstić information content (AvgIpc) is 3.56. The molecule has 0 bridgehead atoms. The molecule has 7 rings (SSSR count). The quantitative estimate of drug-likeness (QED) is 0.0971. The zero-order chi connectivity index (χ0) is 43.2. The van der Waals surface area contributed by atoms with Crippen LogP contribution >= 0.6 is 11.6 Å². The molecule has 4 aromatic carbocycles. The van der Waals surface area contributed by atoms with Crippen LogP contribution < -0.4 is 19.1 Å². The van der Waals surface area contributed by atoms with Gasteiger partial charge in [0, 0.05) is 61.9 Å². The number of hydrogen-bond donors (Lipinski definition) is 0. The zero-order valence-corrected chi connectivity index (χ0v) is 36.1. The van der Waals surface area contributed by atoms with E-state index >= 15 is 9.59 Å². The molecule has 0 aliphatic carbocycles. The summed E-state index contributed by atoms with van der Waals surface area (Å²) < 4.78 is 51.4. The molecular formula is C48H53ClF2N4O6. The van der Waals surface area contributed by atoms with Crippen LogP contribution in [0.3, 0.4) is 0 Å². The third kappa shape index (κ3) is 9.72. The average molecular weight is 855 g/mol. The van der Waals surface area contributed by atoms with E-state index in [9.17, 15) is 8.78 Å². The number of methoxy groups -OCH3 is 1. The monoisotopic (exact) mass is 854 g/mol. The van der Waals surface area contributed by atoms with Gasteiger partial charge in [0.15, 0.2) is 0 Å². The van der Waals surface area contributed by atoms with Crippen molar-refractivity contribution in [1.82, 2.24) is 14.4 Å². The molecular weight excluding hydrogens is 802 g/mol. The van der Waals surface area contributed by atoms with Gasteiger partial charge in [0.2, 0.25) is 0 Å². The molecule has 13 heteroatoms. The summed E-state index contributed by atoms with van der Waals surface area (Å²) in [6.45, 7) is 7.21. The highest BCUT2D eigenvalue weighted by molar-refractivity contribution is 6.32. The Morgan fingerprint density at radius 2 is 1.67 bits per heavy atom. The summed E-state index contributed by atoms with van der Waals surface area (Å²) in [5.74, 6) is 0.464. The maximum Gasteiger partial charge on any atom is 0.387 e. The van der Waals surface area contributed by atoms with Crippen LogP contribution in [-0.4, -0.2) is 85.4 Å². The topological polar surface area (TPSA) is 85.7 Å². The number of unbranched alkanes of at least 4 members (excludes halogenated alkanes) is 1. The molecule has 1 fully saturated rings. The smallest absolute Gasteiger partial charge is 0.387 e. The van der Waals surface area contributed by atoms with Gasteiger partial charge in [-0.2, -0.15) is 8.78 Å². The highest BCUT2D eigenvalue weighted by Gasteiger charge is 2.35. The number of carbonyl (C=O) groups is 2. The number of halogens is 3. The van der Waals surface area contributed by atoms with Gasteiger partial charge in [0.05, 0.1) is 49.6 Å². The largest absolute Gasteiger partial charge is 0.496 e. The number of rotatable bonds is 15. The molecule has 3 heterocycles. The Morgan fingerprint density at radius 1 is 0.934 bits per heavy atom. The number of ether oxygens (including phenoxy) is 4. The summed E-state index contributed by atoms with van der Waals surface area (Å²) in [7, 11) is 3.43. The Bertz CT molecular complexity index is 2350. The summed E-state index contributed by atoms with van der Waals surface area (Å²) >= 11 is 6.68. The number of fused-ring (bicyclic) bond motifs is 1. The third-order valence-electron chi connectivity index (χ3n) is 11.9. The summed E-state index contributed by atoms with van der Waals surface area (Å²) in [6.07, 6.45) is 2.56. The van der Waals surface area contributed by atoms with Crippen molar-refractivity contribution in [2.24, 2.45) is 7.05 Å². The first-order chi connectivity index (χ1) is 29.5. The molecule has 2 aliphatic rings. The van der Waals surface area contributed by atoms with Gasteiger partial charge in [-0.25, -0.2) is 0 Å². The normalized spacial score (nSPS) is 15.4. The van der Waals surface area contributed by atoms with E-state index in [4.69, 9.17) is 30.5 Å². The van der Waals surface area contributed by atoms with Crippen LogP contribution in [0.5, 0.6) is 17.2 Å². The number of hydrogen-bond acceptors (Lipinski definition) is 7. The number of benzene rings is 4. The van der Waals surface area contributed by atoms with E-state index in [2.05, 4.69) is 17.9 Å². The number of anilines is 1. The van der Waals surface area contributed by atoms with Crippen molar-refractivity contribution in [3.05, 3.63) is 129 Å². The van der Waals surface area contributed by atoms with Crippen LogP contribution in [0.15, 0.2) is 84.9 Å². The molecule has 1 aromatic heterocycles. The van der Waals surface area contributed by atoms with E-state index in [0.717, 1.165) is 48.2 Å². The van der Waals surface area contributed by atoms with E-state index in [1.807, 2.05) is 91.0 Å². The molecule has 2 aliphatic heterocycles. The van der Waals surface area contributed by atoms with Crippen molar-refractivity contribution in [3.63, 3.8) is 0 Å². The Balaban J connectivity index is 1.30. The first kappa shape index (κ1) is 43.7. The molecule has 0 unspecified atom stereocenters. The Labute approximate surface area is 361 Å². The Morgan fingerprint density at radius 3 is 2.38 bits per heavy atom. The second kappa shape index (κ2) is 19.5. The van der Waals surface area contributed by atoms with Crippen molar-refractivity contribution in [3.8, 4) is 28.5 Å². The van der Waals surface area contributed by atoms with E-state index in [1.54, 1.807) is 18.1 Å². The lowest BCUT2D eigenvalue weighted by Crippen LogP contribution is -2.52. The van der Waals surface area contributed by atoms with E-state index in [0.29, 0.717) is 79.0 Å². The lowest BCUT2D eigenvalue weighted by Gasteiger charge is -2.40. The highest BCUT2D eigenvalue weighted by Crippen LogP contribution is 2.39. The fourth-order valence-corrected chi connectivity index (χ4v) is 8.44. The molecule has 5 aromatic rings. The van der Waals surface area contributed by atoms with Gasteiger partial charge < -0.3 is 33.3 Å². The van der Waals surface area contributed by atoms with Gasteiger partial charge in [0.25, 0.3) is 11.8 Å². The third-order valence-corrected chi connectivity index (χ3v) is 12.1. The van der Waals surface area contributed by atoms with Crippen molar-refractivity contribution >= 4 is 29.1 Å². The van der Waals surface area contributed by atoms with Crippen molar-refractivity contribution in [2.45, 2.75) is 65.8 Å². The molecule has 1 atom stereocenters. The van der Waals surface area contributed by atoms with Crippen molar-refractivity contribution in [1.29, 1.82) is 0 Å². The second-order valence-corrected chi connectivity index (χ2v) is 16.0. The van der Waals surface area contributed by atoms with Crippen LogP contribution in [0.1, 0.15) is 68.4 Å². The Kier molecular flexibility index (Phi) is 14.0. The minimum Gasteiger partial charge on any atom is -0.496 e. The van der Waals surface area contributed by atoms with Crippen LogP contribution in [0, 0.1) is 13.8 Å². The van der Waals surface area contributed by atoms with Crippen LogP contribution in [-0.2, 0) is 31.3 Å². The molecule has 10 nitrogen and oxygen atoms in total. The number of alkyl halides is 2. The van der Waals surface area contributed by atoms with Gasteiger partial charge >= 0.3 is 6.61 Å². The predicted octanol–water partition coefficient (Wildman–Crippen LogP) is 9.50. The van der Waals surface area contributed by atoms with E-state index < -0.39 is 6.61 Å². The maximum absolute atomic E-state index is 15.1. The first-order valence-electron chi connectivity index (χ1n) is 20.8. The van der Waals surface area contributed by atoms with Gasteiger partial charge in [0.1, 0.15) is 17.2 Å². The number of carbonyl (C=O) groups excluding carboxylic acids is 2. The van der Waals surface area contributed by atoms with Crippen molar-refractivity contribution < 1.29 is 37.3 Å². The zero-order valence-electron chi connectivity index (χ0n) is 35.4. The van der Waals surface area contributed by atoms with E-state index in [1.165, 1.54) is 12.1 Å². The Hall–Kier alpha value is -5.43. The van der Waals surface area contributed by atoms with Crippen LogP contribution in [0.4, 0.5) is 14.5 Å². The first-order valence-corrected chi connectivity index (χ1v) is 21.1. The van der Waals surface area contributed by atoms with Crippen LogP contribution in [0.25, 0.3) is 11.3 Å². The molecule has 0 spiro atoms. The standard InChI is InChI=1S/C48H53ClF2N4O6/c1-6-7-21-60-38-17-15-36(16-18-38)54(28-34-13-10-14-44(58-5)31(34)2)46(56)39-26-43(52(4)32(39)3)40-25-42(49)45(61-48(50)51)27-41(40)47(57)55-29-35-12-9-8-11-33(35)24-37(55)30-53-19-22-59-23-20-53/h8-18,25-27,37,48H,6-7,19-24,28-30H2,1-5H3/t37-/m0/s1. The molecule has 61 heavy (non-hydrogen) atoms. The second-order valence-electron chi connectivity index (χ2n) is 15.6. The minimum absolute atomic E-state index is 0.0937. The summed E-state index contributed by atoms with van der Waals surface area (Å²) in [6, 6.07) is 25.6. The fraction of sp³-hybridized carbons (Fsp3) is 0.375. The van der Waals surface area contributed by atoms with Gasteiger partial charge in [-0.3, -0.25) is 14.5 Å². The molecule has 0 saturated carbocycles. The molecule has 0 N–H and O–H groups in total. The van der Waals surface area contributed by atoms with E-state index in [-0.39, 0.29) is 40.7 Å². The molecule has 2 amide bonds. The van der Waals surface area contributed by atoms with Gasteiger partial charge in [-0.05, 0) is 97.5 Å². The predicted molar refractivity (Wildman–Crippen MR) is 233 cm³/mol. The SMILES string of the molecule is CCCCOc1ccc(N(Cc2cccc(OC)c2C)C(=O)c2cc(-c3cc(Cl)c(OC(F)F)cc3C(=O)N3Cc4ccccc4C[C@H]3CN3CCOCC3)n(C)c2C)cc1. The minimum atomic E-state index is -3.17. The van der Waals surface area contributed by atoms with Gasteiger partial charge in [-0.1, -0.05) is 61.3 Å². The fourth-order valence-electron chi connectivity index (χ4n) is 8.23. The maximum atomic E-state index is 15.1. The summed E-state index contributed by atoms with van der Waals surface area (Å²) in [5.41, 5.74) is 6.69. The molecule has 1 saturated heterocycles. The molecule has 0 radical (unpaired) electrons. The molecule has 322 valence electrons. The number of morpholine rings is 1. The number of aromatic nitrogens is 1. The highest BCUT2D eigenvalue weighted by atomic mass is 35.5. The summed E-state index contributed by atoms with van der Waals surface area (Å²) in [4.78, 5) is 36.0. The lowest BCUT2D eigenvalue weighted by molar-refractivity contribution is -0.0498. The van der Waals surface area contributed by atoms with Crippen molar-refractivity contribution in [2.75, 3.05) is 51.5 Å².